The minimum Gasteiger partial charge on any atom is -0.497 e. The first-order chi connectivity index (χ1) is 14.9. The van der Waals surface area contributed by atoms with Gasteiger partial charge in [-0.3, -0.25) is 15.0 Å². The van der Waals surface area contributed by atoms with Gasteiger partial charge in [0.05, 0.1) is 19.1 Å². The van der Waals surface area contributed by atoms with Crippen molar-refractivity contribution in [2.24, 2.45) is 11.3 Å². The molecule has 2 fully saturated rings. The normalized spacial score (nSPS) is 26.2. The molecule has 1 amide bonds. The molecular formula is C24H37N3O4. The molecule has 7 heteroatoms. The van der Waals surface area contributed by atoms with E-state index in [4.69, 9.17) is 9.47 Å². The van der Waals surface area contributed by atoms with Crippen molar-refractivity contribution >= 4 is 11.9 Å². The molecule has 3 unspecified atom stereocenters. The Balaban J connectivity index is 1.75. The highest BCUT2D eigenvalue weighted by Crippen LogP contribution is 2.36. The number of rotatable bonds is 8. The van der Waals surface area contributed by atoms with Crippen molar-refractivity contribution in [3.8, 4) is 5.75 Å². The lowest BCUT2D eigenvalue weighted by Gasteiger charge is -2.41. The summed E-state index contributed by atoms with van der Waals surface area (Å²) in [7, 11) is 1.64. The molecule has 7 nitrogen and oxygen atoms in total. The van der Waals surface area contributed by atoms with Crippen LogP contribution in [-0.4, -0.2) is 55.7 Å². The Bertz CT molecular complexity index is 769. The van der Waals surface area contributed by atoms with Crippen LogP contribution >= 0.6 is 0 Å². The van der Waals surface area contributed by atoms with Gasteiger partial charge in [0.15, 0.2) is 0 Å². The van der Waals surface area contributed by atoms with E-state index in [1.165, 1.54) is 0 Å². The number of benzene rings is 1. The minimum atomic E-state index is -0.736. The molecular weight excluding hydrogens is 394 g/mol. The Kier molecular flexibility index (Phi) is 7.94. The molecule has 0 bridgehead atoms. The Hall–Kier alpha value is -2.12. The topological polar surface area (TPSA) is 79.9 Å². The number of carbonyl (C=O) groups is 2. The summed E-state index contributed by atoms with van der Waals surface area (Å²) in [5.74, 6) is 1.18. The predicted octanol–water partition coefficient (Wildman–Crippen LogP) is 2.69. The average Bonchev–Trinajstić information content (AvgIpc) is 3.21. The number of nitrogens with zero attached hydrogens (tertiary/aromatic N) is 1. The van der Waals surface area contributed by atoms with Crippen LogP contribution in [0.4, 0.5) is 0 Å². The van der Waals surface area contributed by atoms with Crippen LogP contribution in [0.5, 0.6) is 5.75 Å². The lowest BCUT2D eigenvalue weighted by Crippen LogP contribution is -2.55. The first-order valence-corrected chi connectivity index (χ1v) is 11.5. The molecule has 1 aromatic rings. The lowest BCUT2D eigenvalue weighted by molar-refractivity contribution is -0.161. The number of hydrazine groups is 1. The number of methoxy groups -OCH3 is 1. The number of hydrogen-bond donors (Lipinski definition) is 2. The second-order valence-electron chi connectivity index (χ2n) is 9.30. The molecule has 172 valence electrons. The van der Waals surface area contributed by atoms with Crippen molar-refractivity contribution in [3.05, 3.63) is 29.8 Å². The van der Waals surface area contributed by atoms with Gasteiger partial charge in [-0.05, 0) is 62.6 Å². The maximum Gasteiger partial charge on any atom is 0.314 e. The zero-order valence-corrected chi connectivity index (χ0v) is 19.3. The smallest absolute Gasteiger partial charge is 0.314 e. The van der Waals surface area contributed by atoms with Crippen LogP contribution in [-0.2, 0) is 20.7 Å². The van der Waals surface area contributed by atoms with Crippen LogP contribution in [0.2, 0.25) is 0 Å². The van der Waals surface area contributed by atoms with Gasteiger partial charge in [0.2, 0.25) is 5.91 Å². The van der Waals surface area contributed by atoms with Gasteiger partial charge in [0, 0.05) is 19.1 Å². The summed E-state index contributed by atoms with van der Waals surface area (Å²) in [6, 6.07) is 7.83. The van der Waals surface area contributed by atoms with E-state index < -0.39 is 5.41 Å². The average molecular weight is 432 g/mol. The van der Waals surface area contributed by atoms with E-state index in [0.717, 1.165) is 30.6 Å². The standard InChI is InChI=1S/C24H37N3O4/c1-5-31-23(29)24(15-18-8-6-9-20(13-18)30-4)10-7-11-27(16-24)22(28)21-14-19(25-26-21)12-17(2)3/h6,8-9,13,17,19,21,25-26H,5,7,10-12,14-16H2,1-4H3. The van der Waals surface area contributed by atoms with Gasteiger partial charge in [-0.2, -0.15) is 0 Å². The highest BCUT2D eigenvalue weighted by atomic mass is 16.5. The van der Waals surface area contributed by atoms with Crippen molar-refractivity contribution in [2.45, 2.75) is 65.0 Å². The van der Waals surface area contributed by atoms with E-state index >= 15 is 0 Å². The minimum absolute atomic E-state index is 0.0674. The molecule has 1 aromatic carbocycles. The summed E-state index contributed by atoms with van der Waals surface area (Å²) in [5, 5.41) is 0. The van der Waals surface area contributed by atoms with Crippen LogP contribution in [0.1, 0.15) is 52.0 Å². The molecule has 2 N–H and O–H groups in total. The van der Waals surface area contributed by atoms with Crippen molar-refractivity contribution in [2.75, 3.05) is 26.8 Å². The molecule has 2 aliphatic heterocycles. The SMILES string of the molecule is CCOC(=O)C1(Cc2cccc(OC)c2)CCCN(C(=O)C2CC(CC(C)C)NN2)C1. The Morgan fingerprint density at radius 2 is 2.10 bits per heavy atom. The second kappa shape index (κ2) is 10.5. The quantitative estimate of drug-likeness (QED) is 0.616. The van der Waals surface area contributed by atoms with E-state index in [1.54, 1.807) is 7.11 Å². The van der Waals surface area contributed by atoms with E-state index in [0.29, 0.717) is 44.5 Å². The fourth-order valence-electron chi connectivity index (χ4n) is 4.89. The molecule has 2 heterocycles. The highest BCUT2D eigenvalue weighted by Gasteiger charge is 2.46. The van der Waals surface area contributed by atoms with E-state index in [9.17, 15) is 9.59 Å². The summed E-state index contributed by atoms with van der Waals surface area (Å²) >= 11 is 0. The number of carbonyl (C=O) groups excluding carboxylic acids is 2. The van der Waals surface area contributed by atoms with Crippen LogP contribution in [0.25, 0.3) is 0 Å². The van der Waals surface area contributed by atoms with Gasteiger partial charge in [-0.1, -0.05) is 26.0 Å². The monoisotopic (exact) mass is 431 g/mol. The van der Waals surface area contributed by atoms with Crippen molar-refractivity contribution in [1.82, 2.24) is 15.8 Å². The Morgan fingerprint density at radius 3 is 2.81 bits per heavy atom. The summed E-state index contributed by atoms with van der Waals surface area (Å²) in [6.07, 6.45) is 3.82. The molecule has 3 rings (SSSR count). The first-order valence-electron chi connectivity index (χ1n) is 11.5. The number of nitrogens with one attached hydrogen (secondary N) is 2. The third kappa shape index (κ3) is 5.77. The lowest BCUT2D eigenvalue weighted by atomic mass is 9.74. The summed E-state index contributed by atoms with van der Waals surface area (Å²) in [5.41, 5.74) is 6.73. The van der Waals surface area contributed by atoms with E-state index in [1.807, 2.05) is 36.1 Å². The molecule has 0 aliphatic carbocycles. The largest absolute Gasteiger partial charge is 0.497 e. The number of esters is 1. The predicted molar refractivity (Wildman–Crippen MR) is 119 cm³/mol. The van der Waals surface area contributed by atoms with Gasteiger partial charge in [0.25, 0.3) is 0 Å². The number of hydrogen-bond acceptors (Lipinski definition) is 6. The Morgan fingerprint density at radius 1 is 1.29 bits per heavy atom. The van der Waals surface area contributed by atoms with Crippen molar-refractivity contribution in [3.63, 3.8) is 0 Å². The van der Waals surface area contributed by atoms with Gasteiger partial charge >= 0.3 is 5.97 Å². The molecule has 0 saturated carbocycles. The van der Waals surface area contributed by atoms with Crippen LogP contribution in [0.15, 0.2) is 24.3 Å². The molecule has 0 radical (unpaired) electrons. The molecule has 2 aliphatic rings. The van der Waals surface area contributed by atoms with Gasteiger partial charge in [-0.25, -0.2) is 5.43 Å². The fourth-order valence-corrected chi connectivity index (χ4v) is 4.89. The van der Waals surface area contributed by atoms with Gasteiger partial charge in [-0.15, -0.1) is 0 Å². The molecule has 31 heavy (non-hydrogen) atoms. The summed E-state index contributed by atoms with van der Waals surface area (Å²) in [4.78, 5) is 28.3. The fraction of sp³-hybridized carbons (Fsp3) is 0.667. The van der Waals surface area contributed by atoms with Gasteiger partial charge in [0.1, 0.15) is 11.8 Å². The van der Waals surface area contributed by atoms with Crippen LogP contribution < -0.4 is 15.6 Å². The molecule has 3 atom stereocenters. The van der Waals surface area contributed by atoms with Gasteiger partial charge < -0.3 is 14.4 Å². The van der Waals surface area contributed by atoms with E-state index in [-0.39, 0.29) is 17.9 Å². The number of likely N-dealkylation sites (tertiary alicyclic amines) is 1. The number of piperidine rings is 1. The molecule has 0 spiro atoms. The summed E-state index contributed by atoms with van der Waals surface area (Å²) < 4.78 is 10.8. The van der Waals surface area contributed by atoms with Crippen LogP contribution in [0.3, 0.4) is 0 Å². The zero-order valence-electron chi connectivity index (χ0n) is 19.3. The second-order valence-corrected chi connectivity index (χ2v) is 9.30. The highest BCUT2D eigenvalue weighted by molar-refractivity contribution is 5.84. The maximum atomic E-state index is 13.3. The summed E-state index contributed by atoms with van der Waals surface area (Å²) in [6.45, 7) is 7.59. The number of amides is 1. The molecule has 2 saturated heterocycles. The van der Waals surface area contributed by atoms with E-state index in [2.05, 4.69) is 24.7 Å². The maximum absolute atomic E-state index is 13.3. The third-order valence-corrected chi connectivity index (χ3v) is 6.31. The number of ether oxygens (including phenoxy) is 2. The Labute approximate surface area is 185 Å². The van der Waals surface area contributed by atoms with Crippen LogP contribution in [0, 0.1) is 11.3 Å². The van der Waals surface area contributed by atoms with Crippen molar-refractivity contribution < 1.29 is 19.1 Å². The first kappa shape index (κ1) is 23.5. The zero-order chi connectivity index (χ0) is 22.4. The van der Waals surface area contributed by atoms with Crippen molar-refractivity contribution in [1.29, 1.82) is 0 Å². The third-order valence-electron chi connectivity index (χ3n) is 6.31. The molecule has 0 aromatic heterocycles.